The molecule has 3 rings (SSSR count). The Bertz CT molecular complexity index is 416. The van der Waals surface area contributed by atoms with Crippen LogP contribution in [0.2, 0.25) is 0 Å². The molecular formula is C22H40N8. The zero-order chi connectivity index (χ0) is 23.5. The summed E-state index contributed by atoms with van der Waals surface area (Å²) in [7, 11) is 0. The van der Waals surface area contributed by atoms with Crippen LogP contribution < -0.4 is 0 Å². The molecule has 0 saturated carbocycles. The Balaban J connectivity index is -0.000000296. The maximum atomic E-state index is 3.72. The minimum atomic E-state index is 0.833. The van der Waals surface area contributed by atoms with Gasteiger partial charge in [-0.15, -0.1) is 15.3 Å². The van der Waals surface area contributed by atoms with Crippen molar-refractivity contribution in [3.63, 3.8) is 0 Å². The lowest BCUT2D eigenvalue weighted by Gasteiger charge is -1.79. The lowest BCUT2D eigenvalue weighted by molar-refractivity contribution is 0.736. The second kappa shape index (κ2) is 28.3. The van der Waals surface area contributed by atoms with Gasteiger partial charge < -0.3 is 0 Å². The lowest BCUT2D eigenvalue weighted by atomic mass is 10.3. The molecule has 3 heterocycles. The van der Waals surface area contributed by atoms with Crippen LogP contribution in [-0.2, 0) is 0 Å². The van der Waals surface area contributed by atoms with Crippen LogP contribution >= 0.6 is 0 Å². The molecule has 0 N–H and O–H groups in total. The Labute approximate surface area is 183 Å². The van der Waals surface area contributed by atoms with E-state index in [4.69, 9.17) is 0 Å². The maximum absolute atomic E-state index is 3.72. The van der Waals surface area contributed by atoms with Gasteiger partial charge in [0, 0.05) is 31.0 Å². The molecule has 8 nitrogen and oxygen atoms in total. The molecule has 0 saturated heterocycles. The van der Waals surface area contributed by atoms with Gasteiger partial charge in [-0.05, 0) is 29.0 Å². The summed E-state index contributed by atoms with van der Waals surface area (Å²) in [5.41, 5.74) is 0. The van der Waals surface area contributed by atoms with E-state index in [2.05, 4.69) is 103 Å². The van der Waals surface area contributed by atoms with Gasteiger partial charge in [-0.25, -0.2) is 4.98 Å². The predicted molar refractivity (Wildman–Crippen MR) is 123 cm³/mol. The zero-order valence-corrected chi connectivity index (χ0v) is 20.1. The van der Waals surface area contributed by atoms with Gasteiger partial charge in [-0.3, -0.25) is 9.97 Å². The van der Waals surface area contributed by atoms with Crippen LogP contribution in [0, 0.1) is 17.8 Å². The van der Waals surface area contributed by atoms with Gasteiger partial charge in [0.25, 0.3) is 0 Å². The van der Waals surface area contributed by atoms with Crippen LogP contribution in [0.3, 0.4) is 0 Å². The minimum absolute atomic E-state index is 0.833. The fourth-order valence-corrected chi connectivity index (χ4v) is 0.663. The van der Waals surface area contributed by atoms with Gasteiger partial charge in [0.15, 0.2) is 0 Å². The van der Waals surface area contributed by atoms with Crippen molar-refractivity contribution in [2.45, 2.75) is 62.3 Å². The first-order chi connectivity index (χ1) is 14.2. The molecule has 0 aliphatic carbocycles. The van der Waals surface area contributed by atoms with Crippen molar-refractivity contribution in [2.75, 3.05) is 0 Å². The van der Waals surface area contributed by atoms with E-state index >= 15 is 0 Å². The molecule has 0 spiro atoms. The van der Waals surface area contributed by atoms with Gasteiger partial charge in [0.1, 0.15) is 6.33 Å². The second-order valence-electron chi connectivity index (χ2n) is 7.70. The van der Waals surface area contributed by atoms with Gasteiger partial charge in [0.2, 0.25) is 0 Å². The molecular weight excluding hydrogens is 376 g/mol. The fraction of sp³-hybridized carbons (Fsp3) is 0.545. The molecule has 0 aromatic carbocycles. The highest BCUT2D eigenvalue weighted by Crippen LogP contribution is 1.82. The molecule has 8 heteroatoms. The van der Waals surface area contributed by atoms with Crippen molar-refractivity contribution in [1.29, 1.82) is 0 Å². The van der Waals surface area contributed by atoms with Crippen molar-refractivity contribution in [3.8, 4) is 0 Å². The van der Waals surface area contributed by atoms with Crippen LogP contribution in [-0.4, -0.2) is 40.6 Å². The molecule has 3 aromatic rings. The summed E-state index contributed by atoms with van der Waals surface area (Å²) in [4.78, 5) is 11.1. The quantitative estimate of drug-likeness (QED) is 0.492. The number of hydrogen-bond donors (Lipinski definition) is 0. The molecule has 0 unspecified atom stereocenters. The molecule has 0 aliphatic heterocycles. The van der Waals surface area contributed by atoms with Gasteiger partial charge in [-0.1, -0.05) is 62.3 Å². The van der Waals surface area contributed by atoms with Gasteiger partial charge in [0.05, 0.1) is 18.6 Å². The third-order valence-corrected chi connectivity index (χ3v) is 1.29. The molecule has 0 aliphatic rings. The summed E-state index contributed by atoms with van der Waals surface area (Å²) >= 11 is 0. The van der Waals surface area contributed by atoms with E-state index in [1.54, 1.807) is 49.4 Å². The SMILES string of the molecule is CC(C)C.CC(C)C.CC(C)C.c1cnccn1.c1cnncn1.c1cnnnc1. The maximum Gasteiger partial charge on any atom is 0.138 e. The Morgan fingerprint density at radius 3 is 0.867 bits per heavy atom. The van der Waals surface area contributed by atoms with Crippen LogP contribution in [0.1, 0.15) is 62.3 Å². The Hall–Kier alpha value is -2.90. The average molecular weight is 417 g/mol. The van der Waals surface area contributed by atoms with Gasteiger partial charge >= 0.3 is 0 Å². The third-order valence-electron chi connectivity index (χ3n) is 1.29. The Morgan fingerprint density at radius 2 is 0.767 bits per heavy atom. The van der Waals surface area contributed by atoms with E-state index in [1.807, 2.05) is 0 Å². The van der Waals surface area contributed by atoms with E-state index in [0.29, 0.717) is 0 Å². The molecule has 3 aromatic heterocycles. The van der Waals surface area contributed by atoms with Crippen molar-refractivity contribution in [3.05, 3.63) is 62.0 Å². The largest absolute Gasteiger partial charge is 0.262 e. The Morgan fingerprint density at radius 1 is 0.400 bits per heavy atom. The minimum Gasteiger partial charge on any atom is -0.262 e. The van der Waals surface area contributed by atoms with Crippen LogP contribution in [0.15, 0.2) is 62.0 Å². The van der Waals surface area contributed by atoms with Crippen molar-refractivity contribution in [2.24, 2.45) is 17.8 Å². The van der Waals surface area contributed by atoms with E-state index in [0.717, 1.165) is 17.8 Å². The first kappa shape index (κ1) is 31.8. The smallest absolute Gasteiger partial charge is 0.138 e. The highest BCUT2D eigenvalue weighted by atomic mass is 15.3. The predicted octanol–water partition coefficient (Wildman–Crippen LogP) is 5.21. The number of aromatic nitrogens is 8. The summed E-state index contributed by atoms with van der Waals surface area (Å²) < 4.78 is 0. The molecule has 30 heavy (non-hydrogen) atoms. The molecule has 0 fully saturated rings. The molecule has 0 bridgehead atoms. The standard InChI is InChI=1S/C4H4N2.3C4H10.2C3H3N3/c1-2-6-4-3-5-1;3*1-4(2)3;1-2-5-6-3-4-1;1-2-4-6-5-3-1/h1-4H;3*4H,1-3H3;2*1-3H. The normalized spacial score (nSPS) is 8.40. The molecule has 0 radical (unpaired) electrons. The topological polar surface area (TPSA) is 103 Å². The summed E-state index contributed by atoms with van der Waals surface area (Å²) in [6.45, 7) is 19.5. The van der Waals surface area contributed by atoms with Crippen LogP contribution in [0.4, 0.5) is 0 Å². The third kappa shape index (κ3) is 63.9. The van der Waals surface area contributed by atoms with Crippen molar-refractivity contribution in [1.82, 2.24) is 40.6 Å². The molecule has 0 atom stereocenters. The van der Waals surface area contributed by atoms with Crippen molar-refractivity contribution < 1.29 is 0 Å². The lowest BCUT2D eigenvalue weighted by Crippen LogP contribution is -1.78. The molecule has 168 valence electrons. The summed E-state index contributed by atoms with van der Waals surface area (Å²) in [6.07, 6.45) is 14.2. The van der Waals surface area contributed by atoms with E-state index < -0.39 is 0 Å². The highest BCUT2D eigenvalue weighted by Gasteiger charge is 1.69. The van der Waals surface area contributed by atoms with Crippen LogP contribution in [0.5, 0.6) is 0 Å². The average Bonchev–Trinajstić information content (AvgIpc) is 2.72. The summed E-state index contributed by atoms with van der Waals surface area (Å²) in [5.74, 6) is 2.50. The molecule has 0 amide bonds. The van der Waals surface area contributed by atoms with E-state index in [9.17, 15) is 0 Å². The zero-order valence-electron chi connectivity index (χ0n) is 20.1. The fourth-order valence-electron chi connectivity index (χ4n) is 0.663. The monoisotopic (exact) mass is 416 g/mol. The van der Waals surface area contributed by atoms with Crippen LogP contribution in [0.25, 0.3) is 0 Å². The Kier molecular flexibility index (Phi) is 30.0. The summed E-state index contributed by atoms with van der Waals surface area (Å²) in [6, 6.07) is 1.72. The number of rotatable bonds is 0. The first-order valence-electron chi connectivity index (χ1n) is 10.0. The van der Waals surface area contributed by atoms with Gasteiger partial charge in [-0.2, -0.15) is 5.10 Å². The summed E-state index contributed by atoms with van der Waals surface area (Å²) in [5, 5.41) is 17.0. The first-order valence-corrected chi connectivity index (χ1v) is 10.0. The number of hydrogen-bond acceptors (Lipinski definition) is 8. The second-order valence-corrected chi connectivity index (χ2v) is 7.70. The highest BCUT2D eigenvalue weighted by molar-refractivity contribution is 4.71. The van der Waals surface area contributed by atoms with E-state index in [-0.39, 0.29) is 0 Å². The number of nitrogens with zero attached hydrogens (tertiary/aromatic N) is 8. The van der Waals surface area contributed by atoms with E-state index in [1.165, 1.54) is 12.5 Å². The van der Waals surface area contributed by atoms with Crippen molar-refractivity contribution >= 4 is 0 Å².